The first-order chi connectivity index (χ1) is 8.56. The van der Waals surface area contributed by atoms with Gasteiger partial charge in [0, 0.05) is 23.1 Å². The second-order valence-corrected chi connectivity index (χ2v) is 5.87. The van der Waals surface area contributed by atoms with E-state index >= 15 is 0 Å². The molecule has 0 radical (unpaired) electrons. The third-order valence-electron chi connectivity index (χ3n) is 3.88. The largest absolute Gasteiger partial charge is 0.486 e. The van der Waals surface area contributed by atoms with Crippen LogP contribution in [0.5, 0.6) is 11.5 Å². The standard InChI is InChI=1S/C13H15BrFNO2/c1-7(16)13(2-3-13)10-11(15)8(14)6-9-12(10)18-5-4-17-9/h6-7H,2-5,16H2,1H3. The maximum Gasteiger partial charge on any atom is 0.168 e. The van der Waals surface area contributed by atoms with E-state index in [1.165, 1.54) is 0 Å². The number of hydrogen-bond acceptors (Lipinski definition) is 3. The summed E-state index contributed by atoms with van der Waals surface area (Å²) in [5.74, 6) is 0.877. The van der Waals surface area contributed by atoms with Gasteiger partial charge >= 0.3 is 0 Å². The number of nitrogens with two attached hydrogens (primary N) is 1. The number of fused-ring (bicyclic) bond motifs is 1. The smallest absolute Gasteiger partial charge is 0.168 e. The quantitative estimate of drug-likeness (QED) is 0.912. The Morgan fingerprint density at radius 1 is 1.39 bits per heavy atom. The zero-order chi connectivity index (χ0) is 12.9. The SMILES string of the molecule is CC(N)C1(c2c(F)c(Br)cc3c2OCCO3)CC1. The summed E-state index contributed by atoms with van der Waals surface area (Å²) >= 11 is 3.24. The molecule has 1 aromatic carbocycles. The first kappa shape index (κ1) is 12.2. The van der Waals surface area contributed by atoms with Crippen LogP contribution in [0.25, 0.3) is 0 Å². The molecule has 0 aromatic heterocycles. The fourth-order valence-electron chi connectivity index (χ4n) is 2.64. The maximum atomic E-state index is 14.4. The first-order valence-corrected chi connectivity index (χ1v) is 6.89. The summed E-state index contributed by atoms with van der Waals surface area (Å²) in [5, 5.41) is 0. The molecule has 1 aliphatic carbocycles. The van der Waals surface area contributed by atoms with Crippen LogP contribution in [0.4, 0.5) is 4.39 Å². The monoisotopic (exact) mass is 315 g/mol. The van der Waals surface area contributed by atoms with Crippen LogP contribution >= 0.6 is 15.9 Å². The third-order valence-corrected chi connectivity index (χ3v) is 4.46. The van der Waals surface area contributed by atoms with Gasteiger partial charge in [-0.25, -0.2) is 4.39 Å². The van der Waals surface area contributed by atoms with Crippen LogP contribution in [0.3, 0.4) is 0 Å². The molecule has 0 amide bonds. The average molecular weight is 316 g/mol. The average Bonchev–Trinajstić information content (AvgIpc) is 3.12. The number of ether oxygens (including phenoxy) is 2. The van der Waals surface area contributed by atoms with Crippen LogP contribution in [-0.2, 0) is 5.41 Å². The normalized spacial score (nSPS) is 21.6. The Bertz CT molecular complexity index is 500. The molecule has 1 unspecified atom stereocenters. The van der Waals surface area contributed by atoms with Gasteiger partial charge in [0.1, 0.15) is 19.0 Å². The molecule has 2 aliphatic rings. The number of halogens is 2. The minimum atomic E-state index is -0.293. The van der Waals surface area contributed by atoms with E-state index in [4.69, 9.17) is 15.2 Å². The van der Waals surface area contributed by atoms with Crippen molar-refractivity contribution in [1.29, 1.82) is 0 Å². The van der Waals surface area contributed by atoms with E-state index in [-0.39, 0.29) is 17.3 Å². The molecule has 3 rings (SSSR count). The molecule has 1 aromatic rings. The van der Waals surface area contributed by atoms with Crippen molar-refractivity contribution < 1.29 is 13.9 Å². The van der Waals surface area contributed by atoms with E-state index in [0.29, 0.717) is 34.7 Å². The van der Waals surface area contributed by atoms with Gasteiger partial charge in [0.15, 0.2) is 11.5 Å². The maximum absolute atomic E-state index is 14.4. The highest BCUT2D eigenvalue weighted by Crippen LogP contribution is 2.57. The molecule has 5 heteroatoms. The molecule has 0 saturated heterocycles. The van der Waals surface area contributed by atoms with Gasteiger partial charge in [0.25, 0.3) is 0 Å². The first-order valence-electron chi connectivity index (χ1n) is 6.10. The van der Waals surface area contributed by atoms with Crippen molar-refractivity contribution in [2.24, 2.45) is 5.73 Å². The summed E-state index contributed by atoms with van der Waals surface area (Å²) in [7, 11) is 0. The molecular formula is C13H15BrFNO2. The van der Waals surface area contributed by atoms with Crippen LogP contribution in [0, 0.1) is 5.82 Å². The van der Waals surface area contributed by atoms with Crippen molar-refractivity contribution in [1.82, 2.24) is 0 Å². The highest BCUT2D eigenvalue weighted by Gasteiger charge is 2.52. The Labute approximate surface area is 114 Å². The van der Waals surface area contributed by atoms with Gasteiger partial charge in [-0.15, -0.1) is 0 Å². The van der Waals surface area contributed by atoms with E-state index in [1.807, 2.05) is 6.92 Å². The Kier molecular flexibility index (Phi) is 2.79. The van der Waals surface area contributed by atoms with Gasteiger partial charge in [0.05, 0.1) is 4.47 Å². The van der Waals surface area contributed by atoms with Gasteiger partial charge in [-0.1, -0.05) is 0 Å². The third kappa shape index (κ3) is 1.64. The van der Waals surface area contributed by atoms with E-state index in [2.05, 4.69) is 15.9 Å². The molecule has 1 fully saturated rings. The van der Waals surface area contributed by atoms with Crippen molar-refractivity contribution in [2.75, 3.05) is 13.2 Å². The molecule has 3 nitrogen and oxygen atoms in total. The molecule has 1 aliphatic heterocycles. The molecule has 1 heterocycles. The lowest BCUT2D eigenvalue weighted by Gasteiger charge is -2.28. The zero-order valence-electron chi connectivity index (χ0n) is 10.1. The summed E-state index contributed by atoms with van der Waals surface area (Å²) in [6.45, 7) is 2.87. The molecule has 2 N–H and O–H groups in total. The van der Waals surface area contributed by atoms with Gasteiger partial charge in [-0.05, 0) is 35.7 Å². The summed E-state index contributed by atoms with van der Waals surface area (Å²) in [4.78, 5) is 0. The van der Waals surface area contributed by atoms with Crippen LogP contribution < -0.4 is 15.2 Å². The number of benzene rings is 1. The Hall–Kier alpha value is -0.810. The van der Waals surface area contributed by atoms with E-state index in [0.717, 1.165) is 12.8 Å². The molecule has 1 saturated carbocycles. The molecule has 0 bridgehead atoms. The number of rotatable bonds is 2. The van der Waals surface area contributed by atoms with Crippen molar-refractivity contribution in [3.8, 4) is 11.5 Å². The second-order valence-electron chi connectivity index (χ2n) is 5.02. The zero-order valence-corrected chi connectivity index (χ0v) is 11.7. The molecule has 18 heavy (non-hydrogen) atoms. The summed E-state index contributed by atoms with van der Waals surface area (Å²) in [6.07, 6.45) is 1.79. The summed E-state index contributed by atoms with van der Waals surface area (Å²) in [6, 6.07) is 1.53. The second kappa shape index (κ2) is 4.10. The lowest BCUT2D eigenvalue weighted by molar-refractivity contribution is 0.167. The summed E-state index contributed by atoms with van der Waals surface area (Å²) in [5.41, 5.74) is 6.33. The lowest BCUT2D eigenvalue weighted by atomic mass is 9.88. The minimum Gasteiger partial charge on any atom is -0.486 e. The lowest BCUT2D eigenvalue weighted by Crippen LogP contribution is -2.33. The molecular weight excluding hydrogens is 301 g/mol. The van der Waals surface area contributed by atoms with E-state index in [1.54, 1.807) is 6.07 Å². The van der Waals surface area contributed by atoms with Gasteiger partial charge in [-0.2, -0.15) is 0 Å². The van der Waals surface area contributed by atoms with Gasteiger partial charge < -0.3 is 15.2 Å². The minimum absolute atomic E-state index is 0.101. The van der Waals surface area contributed by atoms with E-state index in [9.17, 15) is 4.39 Å². The highest BCUT2D eigenvalue weighted by atomic mass is 79.9. The predicted molar refractivity (Wildman–Crippen MR) is 69.7 cm³/mol. The van der Waals surface area contributed by atoms with Crippen molar-refractivity contribution in [3.63, 3.8) is 0 Å². The van der Waals surface area contributed by atoms with Crippen LogP contribution in [0.1, 0.15) is 25.3 Å². The predicted octanol–water partition coefficient (Wildman–Crippen LogP) is 2.74. The Balaban J connectivity index is 2.21. The number of hydrogen-bond donors (Lipinski definition) is 1. The van der Waals surface area contributed by atoms with Crippen molar-refractivity contribution in [3.05, 3.63) is 21.9 Å². The Morgan fingerprint density at radius 3 is 2.67 bits per heavy atom. The molecule has 0 spiro atoms. The van der Waals surface area contributed by atoms with Gasteiger partial charge in [-0.3, -0.25) is 0 Å². The fourth-order valence-corrected chi connectivity index (χ4v) is 3.05. The Morgan fingerprint density at radius 2 is 2.06 bits per heavy atom. The van der Waals surface area contributed by atoms with Crippen LogP contribution in [0.2, 0.25) is 0 Å². The van der Waals surface area contributed by atoms with Crippen molar-refractivity contribution >= 4 is 15.9 Å². The van der Waals surface area contributed by atoms with E-state index < -0.39 is 0 Å². The van der Waals surface area contributed by atoms with Crippen LogP contribution in [-0.4, -0.2) is 19.3 Å². The highest BCUT2D eigenvalue weighted by molar-refractivity contribution is 9.10. The molecule has 98 valence electrons. The fraction of sp³-hybridized carbons (Fsp3) is 0.538. The van der Waals surface area contributed by atoms with Gasteiger partial charge in [0.2, 0.25) is 0 Å². The summed E-state index contributed by atoms with van der Waals surface area (Å²) < 4.78 is 26.0. The van der Waals surface area contributed by atoms with Crippen LogP contribution in [0.15, 0.2) is 10.5 Å². The topological polar surface area (TPSA) is 44.5 Å². The van der Waals surface area contributed by atoms with Crippen molar-refractivity contribution in [2.45, 2.75) is 31.2 Å². The molecule has 1 atom stereocenters.